The first-order valence-corrected chi connectivity index (χ1v) is 6.50. The number of anilines is 2. The summed E-state index contributed by atoms with van der Waals surface area (Å²) in [7, 11) is 1.53. The number of rotatable bonds is 4. The molecule has 0 amide bonds. The van der Waals surface area contributed by atoms with E-state index in [9.17, 15) is 4.39 Å². The number of nitrogens with one attached hydrogen (secondary N) is 1. The standard InChI is InChI=1S/C14H12ClFN2OS/c1-19-13-5-3-9(15)7-12(13)18-11-4-2-8(14(17)20)6-10(11)16/h2-7,18H,1H3,(H2,17,20). The lowest BCUT2D eigenvalue weighted by Crippen LogP contribution is -2.10. The van der Waals surface area contributed by atoms with Gasteiger partial charge in [0.05, 0.1) is 18.5 Å². The molecule has 0 fully saturated rings. The Morgan fingerprint density at radius 1 is 1.25 bits per heavy atom. The van der Waals surface area contributed by atoms with Crippen molar-refractivity contribution in [3.8, 4) is 5.75 Å². The second kappa shape index (κ2) is 6.07. The molecule has 0 aromatic heterocycles. The summed E-state index contributed by atoms with van der Waals surface area (Å²) in [4.78, 5) is 0.149. The van der Waals surface area contributed by atoms with Crippen LogP contribution < -0.4 is 15.8 Å². The number of hydrogen-bond donors (Lipinski definition) is 2. The van der Waals surface area contributed by atoms with Crippen molar-refractivity contribution in [1.82, 2.24) is 0 Å². The predicted octanol–water partition coefficient (Wildman–Crippen LogP) is 3.87. The van der Waals surface area contributed by atoms with Gasteiger partial charge in [-0.1, -0.05) is 23.8 Å². The Morgan fingerprint density at radius 2 is 2.00 bits per heavy atom. The summed E-state index contributed by atoms with van der Waals surface area (Å²) in [6, 6.07) is 9.53. The van der Waals surface area contributed by atoms with Crippen molar-refractivity contribution in [3.63, 3.8) is 0 Å². The third kappa shape index (κ3) is 3.18. The largest absolute Gasteiger partial charge is 0.495 e. The Balaban J connectivity index is 2.35. The quantitative estimate of drug-likeness (QED) is 0.842. The minimum Gasteiger partial charge on any atom is -0.495 e. The van der Waals surface area contributed by atoms with Crippen LogP contribution in [0.1, 0.15) is 5.56 Å². The van der Waals surface area contributed by atoms with Crippen LogP contribution >= 0.6 is 23.8 Å². The first kappa shape index (κ1) is 14.6. The third-order valence-corrected chi connectivity index (χ3v) is 3.16. The van der Waals surface area contributed by atoms with Gasteiger partial charge in [0.2, 0.25) is 0 Å². The fourth-order valence-corrected chi connectivity index (χ4v) is 1.99. The minimum atomic E-state index is -0.461. The molecule has 0 saturated heterocycles. The molecule has 0 aliphatic heterocycles. The Kier molecular flexibility index (Phi) is 4.42. The fraction of sp³-hybridized carbons (Fsp3) is 0.0714. The second-order valence-electron chi connectivity index (χ2n) is 4.03. The Hall–Kier alpha value is -1.85. The molecule has 0 bridgehead atoms. The monoisotopic (exact) mass is 310 g/mol. The smallest absolute Gasteiger partial charge is 0.147 e. The van der Waals surface area contributed by atoms with Crippen LogP contribution in [-0.2, 0) is 0 Å². The summed E-state index contributed by atoms with van der Waals surface area (Å²) in [5.41, 5.74) is 6.79. The Morgan fingerprint density at radius 3 is 2.60 bits per heavy atom. The molecular weight excluding hydrogens is 299 g/mol. The van der Waals surface area contributed by atoms with Crippen molar-refractivity contribution in [1.29, 1.82) is 0 Å². The molecule has 2 rings (SSSR count). The topological polar surface area (TPSA) is 47.3 Å². The lowest BCUT2D eigenvalue weighted by Gasteiger charge is -2.12. The highest BCUT2D eigenvalue weighted by Gasteiger charge is 2.09. The molecule has 3 N–H and O–H groups in total. The zero-order valence-electron chi connectivity index (χ0n) is 10.6. The maximum absolute atomic E-state index is 14.0. The number of halogens is 2. The van der Waals surface area contributed by atoms with Gasteiger partial charge in [0, 0.05) is 10.6 Å². The highest BCUT2D eigenvalue weighted by atomic mass is 35.5. The van der Waals surface area contributed by atoms with Crippen molar-refractivity contribution in [2.75, 3.05) is 12.4 Å². The highest BCUT2D eigenvalue weighted by molar-refractivity contribution is 7.80. The second-order valence-corrected chi connectivity index (χ2v) is 4.90. The van der Waals surface area contributed by atoms with Crippen molar-refractivity contribution in [2.24, 2.45) is 5.73 Å². The van der Waals surface area contributed by atoms with Gasteiger partial charge >= 0.3 is 0 Å². The Bertz CT molecular complexity index is 664. The van der Waals surface area contributed by atoms with E-state index in [4.69, 9.17) is 34.3 Å². The van der Waals surface area contributed by atoms with Gasteiger partial charge in [-0.3, -0.25) is 0 Å². The summed E-state index contributed by atoms with van der Waals surface area (Å²) in [6.45, 7) is 0. The van der Waals surface area contributed by atoms with E-state index in [1.165, 1.54) is 13.2 Å². The van der Waals surface area contributed by atoms with E-state index in [0.29, 0.717) is 22.0 Å². The van der Waals surface area contributed by atoms with Crippen LogP contribution in [0.4, 0.5) is 15.8 Å². The highest BCUT2D eigenvalue weighted by Crippen LogP contribution is 2.31. The molecule has 0 atom stereocenters. The fourth-order valence-electron chi connectivity index (χ4n) is 1.69. The molecule has 2 aromatic rings. The number of benzene rings is 2. The molecule has 3 nitrogen and oxygen atoms in total. The average Bonchev–Trinajstić information content (AvgIpc) is 2.41. The van der Waals surface area contributed by atoms with Crippen molar-refractivity contribution in [2.45, 2.75) is 0 Å². The third-order valence-electron chi connectivity index (χ3n) is 2.68. The molecular formula is C14H12ClFN2OS. The summed E-state index contributed by atoms with van der Waals surface area (Å²) >= 11 is 10.7. The van der Waals surface area contributed by atoms with Crippen LogP contribution in [0, 0.1) is 5.82 Å². The van der Waals surface area contributed by atoms with Crippen LogP contribution in [0.3, 0.4) is 0 Å². The molecule has 0 saturated carbocycles. The van der Waals surface area contributed by atoms with E-state index in [2.05, 4.69) is 5.32 Å². The molecule has 20 heavy (non-hydrogen) atoms. The lowest BCUT2D eigenvalue weighted by atomic mass is 10.2. The molecule has 0 spiro atoms. The van der Waals surface area contributed by atoms with E-state index in [-0.39, 0.29) is 10.7 Å². The normalized spacial score (nSPS) is 10.2. The van der Waals surface area contributed by atoms with Crippen LogP contribution in [-0.4, -0.2) is 12.1 Å². The van der Waals surface area contributed by atoms with E-state index >= 15 is 0 Å². The van der Waals surface area contributed by atoms with Crippen molar-refractivity contribution < 1.29 is 9.13 Å². The van der Waals surface area contributed by atoms with Crippen LogP contribution in [0.2, 0.25) is 5.02 Å². The number of hydrogen-bond acceptors (Lipinski definition) is 3. The van der Waals surface area contributed by atoms with Crippen molar-refractivity contribution >= 4 is 40.2 Å². The van der Waals surface area contributed by atoms with Gasteiger partial charge in [0.25, 0.3) is 0 Å². The number of nitrogens with two attached hydrogens (primary N) is 1. The summed E-state index contributed by atoms with van der Waals surface area (Å²) < 4.78 is 19.2. The van der Waals surface area contributed by atoms with Crippen LogP contribution in [0.25, 0.3) is 0 Å². The van der Waals surface area contributed by atoms with Gasteiger partial charge < -0.3 is 15.8 Å². The molecule has 6 heteroatoms. The maximum atomic E-state index is 14.0. The predicted molar refractivity (Wildman–Crippen MR) is 83.6 cm³/mol. The molecule has 0 radical (unpaired) electrons. The molecule has 0 aliphatic carbocycles. The van der Waals surface area contributed by atoms with E-state index < -0.39 is 5.82 Å². The van der Waals surface area contributed by atoms with Gasteiger partial charge in [0.15, 0.2) is 0 Å². The van der Waals surface area contributed by atoms with E-state index in [1.54, 1.807) is 30.3 Å². The van der Waals surface area contributed by atoms with E-state index in [0.717, 1.165) is 0 Å². The summed E-state index contributed by atoms with van der Waals surface area (Å²) in [6.07, 6.45) is 0. The first-order valence-electron chi connectivity index (χ1n) is 5.71. The first-order chi connectivity index (χ1) is 9.51. The zero-order valence-corrected chi connectivity index (χ0v) is 12.2. The molecule has 0 unspecified atom stereocenters. The zero-order chi connectivity index (χ0) is 14.7. The lowest BCUT2D eigenvalue weighted by molar-refractivity contribution is 0.417. The van der Waals surface area contributed by atoms with Crippen molar-refractivity contribution in [3.05, 3.63) is 52.8 Å². The number of methoxy groups -OCH3 is 1. The molecule has 2 aromatic carbocycles. The summed E-state index contributed by atoms with van der Waals surface area (Å²) in [5.74, 6) is 0.101. The van der Waals surface area contributed by atoms with Gasteiger partial charge in [-0.2, -0.15) is 0 Å². The van der Waals surface area contributed by atoms with Gasteiger partial charge in [-0.25, -0.2) is 4.39 Å². The van der Waals surface area contributed by atoms with Gasteiger partial charge in [-0.05, 0) is 36.4 Å². The van der Waals surface area contributed by atoms with Gasteiger partial charge in [0.1, 0.15) is 16.6 Å². The van der Waals surface area contributed by atoms with Crippen LogP contribution in [0.15, 0.2) is 36.4 Å². The number of thiocarbonyl (C=S) groups is 1. The van der Waals surface area contributed by atoms with Gasteiger partial charge in [-0.15, -0.1) is 0 Å². The van der Waals surface area contributed by atoms with Crippen LogP contribution in [0.5, 0.6) is 5.75 Å². The number of ether oxygens (including phenoxy) is 1. The summed E-state index contributed by atoms with van der Waals surface area (Å²) in [5, 5.41) is 3.45. The average molecular weight is 311 g/mol. The maximum Gasteiger partial charge on any atom is 0.147 e. The van der Waals surface area contributed by atoms with E-state index in [1.807, 2.05) is 0 Å². The molecule has 0 heterocycles. The molecule has 0 aliphatic rings. The SMILES string of the molecule is COc1ccc(Cl)cc1Nc1ccc(C(N)=S)cc1F. The Labute approximate surface area is 126 Å². The molecule has 104 valence electrons. The minimum absolute atomic E-state index is 0.149.